The van der Waals surface area contributed by atoms with Crippen LogP contribution in [0.1, 0.15) is 37.3 Å². The molecule has 5 heterocycles. The van der Waals surface area contributed by atoms with Gasteiger partial charge in [-0.2, -0.15) is 10.2 Å². The molecule has 38 heavy (non-hydrogen) atoms. The van der Waals surface area contributed by atoms with E-state index >= 15 is 0 Å². The van der Waals surface area contributed by atoms with Crippen LogP contribution in [0.4, 0.5) is 0 Å². The smallest absolute Gasteiger partial charge is 0.247 e. The lowest BCUT2D eigenvalue weighted by Crippen LogP contribution is -2.34. The van der Waals surface area contributed by atoms with Gasteiger partial charge in [-0.15, -0.1) is 10.2 Å². The van der Waals surface area contributed by atoms with Gasteiger partial charge in [-0.25, -0.2) is 0 Å². The first-order valence-corrected chi connectivity index (χ1v) is 13.3. The largest absolute Gasteiger partial charge is 0.420 e. The fourth-order valence-electron chi connectivity index (χ4n) is 5.67. The van der Waals surface area contributed by atoms with Crippen LogP contribution in [0.2, 0.25) is 0 Å². The lowest BCUT2D eigenvalue weighted by atomic mass is 9.98. The van der Waals surface area contributed by atoms with Crippen molar-refractivity contribution < 1.29 is 4.42 Å². The minimum Gasteiger partial charge on any atom is -0.420 e. The van der Waals surface area contributed by atoms with Gasteiger partial charge in [0, 0.05) is 60.6 Å². The van der Waals surface area contributed by atoms with E-state index in [1.54, 1.807) is 0 Å². The maximum absolute atomic E-state index is 6.27. The summed E-state index contributed by atoms with van der Waals surface area (Å²) in [5, 5.41) is 23.3. The first-order chi connectivity index (χ1) is 18.7. The highest BCUT2D eigenvalue weighted by Gasteiger charge is 2.27. The van der Waals surface area contributed by atoms with E-state index in [4.69, 9.17) is 4.42 Å². The van der Waals surface area contributed by atoms with Gasteiger partial charge in [0.05, 0.1) is 17.6 Å². The molecule has 4 aromatic heterocycles. The molecule has 1 aliphatic heterocycles. The molecule has 0 unspecified atom stereocenters. The van der Waals surface area contributed by atoms with E-state index in [9.17, 15) is 0 Å². The second-order valence-electron chi connectivity index (χ2n) is 10.2. The van der Waals surface area contributed by atoms with Crippen LogP contribution in [0.3, 0.4) is 0 Å². The van der Waals surface area contributed by atoms with Crippen LogP contribution in [-0.2, 0) is 20.1 Å². The number of hydrogen-bond acceptors (Lipinski definition) is 6. The van der Waals surface area contributed by atoms with Crippen LogP contribution in [0, 0.1) is 0 Å². The van der Waals surface area contributed by atoms with Gasteiger partial charge in [-0.05, 0) is 62.0 Å². The van der Waals surface area contributed by atoms with Crippen LogP contribution < -0.4 is 0 Å². The minimum atomic E-state index is 0.229. The summed E-state index contributed by atoms with van der Waals surface area (Å²) in [5.74, 6) is 1.50. The molecule has 1 N–H and O–H groups in total. The molecule has 7 rings (SSSR count). The number of aromatic nitrogens is 7. The fraction of sp³-hybridized carbons (Fsp3) is 0.310. The minimum absolute atomic E-state index is 0.229. The molecule has 0 bridgehead atoms. The Morgan fingerprint density at radius 1 is 1.08 bits per heavy atom. The molecular weight excluding hydrogens is 476 g/mol. The molecule has 192 valence electrons. The summed E-state index contributed by atoms with van der Waals surface area (Å²) in [6, 6.07) is 17.0. The van der Waals surface area contributed by atoms with Crippen LogP contribution >= 0.6 is 0 Å². The topological polar surface area (TPSA) is 93.6 Å². The molecular formula is C29H30N8O. The van der Waals surface area contributed by atoms with Gasteiger partial charge in [0.15, 0.2) is 0 Å². The first-order valence-electron chi connectivity index (χ1n) is 13.3. The van der Waals surface area contributed by atoms with Crippen molar-refractivity contribution in [2.75, 3.05) is 13.1 Å². The van der Waals surface area contributed by atoms with Crippen LogP contribution in [0.5, 0.6) is 0 Å². The zero-order chi connectivity index (χ0) is 25.6. The predicted octanol–water partition coefficient (Wildman–Crippen LogP) is 5.37. The van der Waals surface area contributed by atoms with Crippen molar-refractivity contribution in [2.45, 2.75) is 38.8 Å². The summed E-state index contributed by atoms with van der Waals surface area (Å²) in [6.07, 6.45) is 6.03. The van der Waals surface area contributed by atoms with Crippen molar-refractivity contribution in [3.63, 3.8) is 0 Å². The Bertz CT molecular complexity index is 1740. The normalized spacial score (nSPS) is 16.6. The summed E-state index contributed by atoms with van der Waals surface area (Å²) in [5.41, 5.74) is 6.31. The van der Waals surface area contributed by atoms with Gasteiger partial charge in [-0.1, -0.05) is 18.2 Å². The van der Waals surface area contributed by atoms with Crippen LogP contribution in [0.25, 0.3) is 44.5 Å². The molecule has 0 amide bonds. The highest BCUT2D eigenvalue weighted by molar-refractivity contribution is 5.94. The number of aryl methyl sites for hydroxylation is 2. The van der Waals surface area contributed by atoms with Crippen molar-refractivity contribution >= 4 is 21.8 Å². The molecule has 0 aliphatic carbocycles. The Morgan fingerprint density at radius 2 is 2.00 bits per heavy atom. The van der Waals surface area contributed by atoms with E-state index in [0.717, 1.165) is 72.6 Å². The Balaban J connectivity index is 1.11. The Labute approximate surface area is 220 Å². The fourth-order valence-corrected chi connectivity index (χ4v) is 5.67. The van der Waals surface area contributed by atoms with Crippen molar-refractivity contribution in [3.05, 3.63) is 72.5 Å². The lowest BCUT2D eigenvalue weighted by molar-refractivity contribution is 0.183. The number of rotatable bonds is 6. The van der Waals surface area contributed by atoms with Crippen molar-refractivity contribution in [3.8, 4) is 22.7 Å². The third-order valence-electron chi connectivity index (χ3n) is 7.77. The number of fused-ring (bicyclic) bond motifs is 2. The quantitative estimate of drug-likeness (QED) is 0.327. The number of nitrogens with one attached hydrogen (secondary N) is 1. The maximum atomic E-state index is 6.27. The molecule has 9 heteroatoms. The van der Waals surface area contributed by atoms with E-state index < -0.39 is 0 Å². The van der Waals surface area contributed by atoms with Gasteiger partial charge < -0.3 is 8.98 Å². The second-order valence-corrected chi connectivity index (χ2v) is 10.2. The first kappa shape index (κ1) is 22.9. The van der Waals surface area contributed by atoms with Gasteiger partial charge in [0.2, 0.25) is 11.8 Å². The Kier molecular flexibility index (Phi) is 5.58. The van der Waals surface area contributed by atoms with Gasteiger partial charge in [0.1, 0.15) is 5.69 Å². The van der Waals surface area contributed by atoms with Crippen LogP contribution in [0.15, 0.2) is 65.3 Å². The monoisotopic (exact) mass is 506 g/mol. The number of likely N-dealkylation sites (tertiary alicyclic amines) is 1. The number of piperidine rings is 1. The zero-order valence-corrected chi connectivity index (χ0v) is 21.6. The molecule has 6 aromatic rings. The van der Waals surface area contributed by atoms with Crippen molar-refractivity contribution in [2.24, 2.45) is 7.05 Å². The molecule has 2 aromatic carbocycles. The number of para-hydroxylation sites is 1. The third kappa shape index (κ3) is 3.99. The highest BCUT2D eigenvalue weighted by atomic mass is 16.4. The summed E-state index contributed by atoms with van der Waals surface area (Å²) in [4.78, 5) is 2.51. The van der Waals surface area contributed by atoms with E-state index in [2.05, 4.69) is 85.3 Å². The van der Waals surface area contributed by atoms with E-state index in [1.807, 2.05) is 29.2 Å². The molecule has 9 nitrogen and oxygen atoms in total. The van der Waals surface area contributed by atoms with Crippen molar-refractivity contribution in [1.29, 1.82) is 0 Å². The Hall–Kier alpha value is -4.24. The summed E-state index contributed by atoms with van der Waals surface area (Å²) >= 11 is 0. The number of benzene rings is 2. The second kappa shape index (κ2) is 9.25. The van der Waals surface area contributed by atoms with Gasteiger partial charge in [0.25, 0.3) is 0 Å². The number of aromatic amines is 1. The summed E-state index contributed by atoms with van der Waals surface area (Å²) in [7, 11) is 2.15. The highest BCUT2D eigenvalue weighted by Crippen LogP contribution is 2.33. The lowest BCUT2D eigenvalue weighted by Gasteiger charge is -2.31. The Morgan fingerprint density at radius 3 is 2.87 bits per heavy atom. The molecule has 1 fully saturated rings. The molecule has 1 atom stereocenters. The van der Waals surface area contributed by atoms with Gasteiger partial charge >= 0.3 is 0 Å². The number of H-pyrrole nitrogens is 1. The standard InChI is InChI=1S/C29H30N8O/c1-3-37-17-22(15-30-37)27-24-14-20(10-11-25(24)31-32-27)28-33-34-29(38-28)21-8-6-12-36(16-21)18-23-13-19-7-4-5-9-26(19)35(23)2/h4-5,7,9-11,13-15,17,21H,3,6,8,12,16,18H2,1-2H3,(H,31,32)/t21-/m1/s1. The number of hydrogen-bond donors (Lipinski definition) is 1. The SMILES string of the molecule is CCn1cc(-c2n[nH]c3ccc(-c4nnc([C@@H]5CCCN(Cc6cc7ccccc7n6C)C5)o4)cc23)cn1. The molecule has 0 radical (unpaired) electrons. The third-order valence-corrected chi connectivity index (χ3v) is 7.77. The molecule has 1 saturated heterocycles. The van der Waals surface area contributed by atoms with E-state index in [-0.39, 0.29) is 5.92 Å². The molecule has 0 saturated carbocycles. The predicted molar refractivity (Wildman–Crippen MR) is 146 cm³/mol. The maximum Gasteiger partial charge on any atom is 0.247 e. The van der Waals surface area contributed by atoms with E-state index in [1.165, 1.54) is 16.6 Å². The average molecular weight is 507 g/mol. The summed E-state index contributed by atoms with van der Waals surface area (Å²) < 4.78 is 10.5. The average Bonchev–Trinajstić information content (AvgIpc) is 3.75. The van der Waals surface area contributed by atoms with Crippen molar-refractivity contribution in [1.82, 2.24) is 39.6 Å². The number of nitrogens with zero attached hydrogens (tertiary/aromatic N) is 7. The van der Waals surface area contributed by atoms with Crippen LogP contribution in [-0.4, -0.2) is 52.7 Å². The van der Waals surface area contributed by atoms with Gasteiger partial charge in [-0.3, -0.25) is 14.7 Å². The zero-order valence-electron chi connectivity index (χ0n) is 21.6. The molecule has 0 spiro atoms. The van der Waals surface area contributed by atoms with E-state index in [0.29, 0.717) is 5.89 Å². The summed E-state index contributed by atoms with van der Waals surface area (Å²) in [6.45, 7) is 5.79. The molecule has 1 aliphatic rings.